The molecule has 1 aliphatic rings. The predicted octanol–water partition coefficient (Wildman–Crippen LogP) is 2.74. The molecule has 0 heterocycles. The summed E-state index contributed by atoms with van der Waals surface area (Å²) in [4.78, 5) is 0. The molecule has 1 nitrogen and oxygen atoms in total. The first-order valence-electron chi connectivity index (χ1n) is 4.47. The van der Waals surface area contributed by atoms with Crippen LogP contribution in [-0.2, 0) is 0 Å². The van der Waals surface area contributed by atoms with E-state index in [9.17, 15) is 0 Å². The number of unbranched alkanes of at least 4 members (excludes halogenated alkanes) is 1. The zero-order chi connectivity index (χ0) is 8.10. The summed E-state index contributed by atoms with van der Waals surface area (Å²) < 4.78 is 0. The van der Waals surface area contributed by atoms with Crippen LogP contribution in [0.1, 0.15) is 39.0 Å². The van der Waals surface area contributed by atoms with E-state index in [2.05, 4.69) is 19.1 Å². The first-order valence-corrected chi connectivity index (χ1v) is 4.47. The molecule has 0 radical (unpaired) electrons. The van der Waals surface area contributed by atoms with Gasteiger partial charge >= 0.3 is 0 Å². The SMILES string of the molecule is CCCCC1=CC=C(N)CC1. The number of hydrogen-bond donors (Lipinski definition) is 1. The lowest BCUT2D eigenvalue weighted by Gasteiger charge is -2.10. The smallest absolute Gasteiger partial charge is 0.00836 e. The molecular formula is C10H17N. The fourth-order valence-corrected chi connectivity index (χ4v) is 1.31. The second-order valence-electron chi connectivity index (χ2n) is 3.17. The van der Waals surface area contributed by atoms with Crippen molar-refractivity contribution in [1.29, 1.82) is 0 Å². The van der Waals surface area contributed by atoms with Crippen LogP contribution in [0, 0.1) is 0 Å². The third kappa shape index (κ3) is 2.79. The van der Waals surface area contributed by atoms with Crippen molar-refractivity contribution in [2.45, 2.75) is 39.0 Å². The van der Waals surface area contributed by atoms with Crippen LogP contribution in [-0.4, -0.2) is 0 Å². The molecule has 62 valence electrons. The van der Waals surface area contributed by atoms with Gasteiger partial charge < -0.3 is 5.73 Å². The number of nitrogens with two attached hydrogens (primary N) is 1. The minimum Gasteiger partial charge on any atom is -0.402 e. The molecule has 0 fully saturated rings. The van der Waals surface area contributed by atoms with Crippen LogP contribution in [0.2, 0.25) is 0 Å². The lowest BCUT2D eigenvalue weighted by Crippen LogP contribution is -2.01. The average Bonchev–Trinajstić information content (AvgIpc) is 2.04. The van der Waals surface area contributed by atoms with Gasteiger partial charge in [0.25, 0.3) is 0 Å². The summed E-state index contributed by atoms with van der Waals surface area (Å²) in [7, 11) is 0. The van der Waals surface area contributed by atoms with E-state index in [0.29, 0.717) is 0 Å². The highest BCUT2D eigenvalue weighted by atomic mass is 14.6. The monoisotopic (exact) mass is 151 g/mol. The molecular weight excluding hydrogens is 134 g/mol. The highest BCUT2D eigenvalue weighted by molar-refractivity contribution is 5.21. The molecule has 2 N–H and O–H groups in total. The standard InChI is InChI=1S/C10H17N/c1-2-3-4-9-5-7-10(11)8-6-9/h5,7H,2-4,6,8,11H2,1H3. The van der Waals surface area contributed by atoms with Crippen molar-refractivity contribution in [3.05, 3.63) is 23.4 Å². The summed E-state index contributed by atoms with van der Waals surface area (Å²) in [6.07, 6.45) is 10.4. The molecule has 0 aromatic heterocycles. The Bertz CT molecular complexity index is 177. The van der Waals surface area contributed by atoms with Crippen LogP contribution in [0.3, 0.4) is 0 Å². The van der Waals surface area contributed by atoms with Gasteiger partial charge in [-0.3, -0.25) is 0 Å². The van der Waals surface area contributed by atoms with Crippen molar-refractivity contribution in [1.82, 2.24) is 0 Å². The van der Waals surface area contributed by atoms with Crippen molar-refractivity contribution in [3.8, 4) is 0 Å². The lowest BCUT2D eigenvalue weighted by atomic mass is 9.98. The maximum absolute atomic E-state index is 5.64. The van der Waals surface area contributed by atoms with Gasteiger partial charge in [-0.05, 0) is 31.8 Å². The van der Waals surface area contributed by atoms with E-state index in [1.165, 1.54) is 25.7 Å². The summed E-state index contributed by atoms with van der Waals surface area (Å²) >= 11 is 0. The molecule has 0 saturated carbocycles. The lowest BCUT2D eigenvalue weighted by molar-refractivity contribution is 0.740. The Morgan fingerprint density at radius 3 is 2.73 bits per heavy atom. The second-order valence-corrected chi connectivity index (χ2v) is 3.17. The molecule has 1 heteroatoms. The molecule has 0 bridgehead atoms. The molecule has 0 spiro atoms. The van der Waals surface area contributed by atoms with Gasteiger partial charge in [-0.1, -0.05) is 25.0 Å². The molecule has 0 aromatic rings. The Balaban J connectivity index is 2.35. The maximum Gasteiger partial charge on any atom is 0.00836 e. The molecule has 0 unspecified atom stereocenters. The number of rotatable bonds is 3. The Labute approximate surface area is 69.0 Å². The average molecular weight is 151 g/mol. The minimum atomic E-state index is 1.03. The molecule has 0 atom stereocenters. The Kier molecular flexibility index (Phi) is 3.21. The van der Waals surface area contributed by atoms with Crippen LogP contribution in [0.5, 0.6) is 0 Å². The van der Waals surface area contributed by atoms with E-state index < -0.39 is 0 Å². The second kappa shape index (κ2) is 4.22. The molecule has 11 heavy (non-hydrogen) atoms. The maximum atomic E-state index is 5.64. The summed E-state index contributed by atoms with van der Waals surface area (Å²) in [6.45, 7) is 2.23. The fourth-order valence-electron chi connectivity index (χ4n) is 1.31. The van der Waals surface area contributed by atoms with Crippen LogP contribution in [0.15, 0.2) is 23.4 Å². The first-order chi connectivity index (χ1) is 5.33. The molecule has 1 rings (SSSR count). The van der Waals surface area contributed by atoms with Gasteiger partial charge in [0.15, 0.2) is 0 Å². The molecule has 0 amide bonds. The predicted molar refractivity (Wildman–Crippen MR) is 49.1 cm³/mol. The van der Waals surface area contributed by atoms with E-state index in [4.69, 9.17) is 5.73 Å². The summed E-state index contributed by atoms with van der Waals surface area (Å²) in [6, 6.07) is 0. The van der Waals surface area contributed by atoms with Crippen LogP contribution in [0.25, 0.3) is 0 Å². The molecule has 0 aromatic carbocycles. The Morgan fingerprint density at radius 1 is 1.36 bits per heavy atom. The van der Waals surface area contributed by atoms with Crippen molar-refractivity contribution in [2.24, 2.45) is 5.73 Å². The number of hydrogen-bond acceptors (Lipinski definition) is 1. The van der Waals surface area contributed by atoms with Crippen LogP contribution in [0.4, 0.5) is 0 Å². The largest absolute Gasteiger partial charge is 0.402 e. The Morgan fingerprint density at radius 2 is 2.18 bits per heavy atom. The topological polar surface area (TPSA) is 26.0 Å². The first kappa shape index (κ1) is 8.38. The zero-order valence-electron chi connectivity index (χ0n) is 7.27. The van der Waals surface area contributed by atoms with E-state index in [0.717, 1.165) is 12.1 Å². The van der Waals surface area contributed by atoms with E-state index in [1.807, 2.05) is 0 Å². The summed E-state index contributed by atoms with van der Waals surface area (Å²) in [5.74, 6) is 0. The Hall–Kier alpha value is -0.720. The molecule has 0 aliphatic heterocycles. The van der Waals surface area contributed by atoms with Crippen LogP contribution < -0.4 is 5.73 Å². The third-order valence-electron chi connectivity index (χ3n) is 2.12. The van der Waals surface area contributed by atoms with Crippen molar-refractivity contribution in [3.63, 3.8) is 0 Å². The van der Waals surface area contributed by atoms with Gasteiger partial charge in [0, 0.05) is 5.70 Å². The highest BCUT2D eigenvalue weighted by Crippen LogP contribution is 2.19. The van der Waals surface area contributed by atoms with Gasteiger partial charge in [0.1, 0.15) is 0 Å². The van der Waals surface area contributed by atoms with Crippen molar-refractivity contribution in [2.75, 3.05) is 0 Å². The van der Waals surface area contributed by atoms with Crippen molar-refractivity contribution >= 4 is 0 Å². The van der Waals surface area contributed by atoms with Crippen molar-refractivity contribution < 1.29 is 0 Å². The fraction of sp³-hybridized carbons (Fsp3) is 0.600. The van der Waals surface area contributed by atoms with Crippen LogP contribution >= 0.6 is 0 Å². The zero-order valence-corrected chi connectivity index (χ0v) is 7.27. The summed E-state index contributed by atoms with van der Waals surface area (Å²) in [5, 5.41) is 0. The van der Waals surface area contributed by atoms with E-state index in [-0.39, 0.29) is 0 Å². The summed E-state index contributed by atoms with van der Waals surface area (Å²) in [5.41, 5.74) is 8.25. The van der Waals surface area contributed by atoms with Gasteiger partial charge in [-0.15, -0.1) is 0 Å². The van der Waals surface area contributed by atoms with E-state index >= 15 is 0 Å². The quantitative estimate of drug-likeness (QED) is 0.659. The van der Waals surface area contributed by atoms with Gasteiger partial charge in [0.05, 0.1) is 0 Å². The van der Waals surface area contributed by atoms with Gasteiger partial charge in [0.2, 0.25) is 0 Å². The molecule has 0 saturated heterocycles. The highest BCUT2D eigenvalue weighted by Gasteiger charge is 2.02. The number of allylic oxidation sites excluding steroid dienone is 4. The normalized spacial score (nSPS) is 17.5. The van der Waals surface area contributed by atoms with Gasteiger partial charge in [-0.2, -0.15) is 0 Å². The molecule has 1 aliphatic carbocycles. The third-order valence-corrected chi connectivity index (χ3v) is 2.12. The van der Waals surface area contributed by atoms with Gasteiger partial charge in [-0.25, -0.2) is 0 Å². The van der Waals surface area contributed by atoms with E-state index in [1.54, 1.807) is 5.57 Å². The minimum absolute atomic E-state index is 1.03.